The maximum absolute atomic E-state index is 10.9. The van der Waals surface area contributed by atoms with E-state index in [0.29, 0.717) is 12.8 Å². The Hall–Kier alpha value is -1.25. The first-order chi connectivity index (χ1) is 6.27. The molecule has 0 saturated carbocycles. The van der Waals surface area contributed by atoms with Crippen LogP contribution in [-0.4, -0.2) is 5.97 Å². The molecule has 13 heavy (non-hydrogen) atoms. The molecule has 1 heterocycles. The summed E-state index contributed by atoms with van der Waals surface area (Å²) in [4.78, 5) is 10.9. The van der Waals surface area contributed by atoms with E-state index < -0.39 is 0 Å². The molecule has 0 spiro atoms. The number of hydrogen-bond acceptors (Lipinski definition) is 2. The van der Waals surface area contributed by atoms with Crippen LogP contribution in [0.25, 0.3) is 0 Å². The molecule has 0 aromatic heterocycles. The van der Waals surface area contributed by atoms with Crippen LogP contribution >= 0.6 is 0 Å². The van der Waals surface area contributed by atoms with Crippen LogP contribution in [0.2, 0.25) is 0 Å². The summed E-state index contributed by atoms with van der Waals surface area (Å²) in [5, 5.41) is 10.1. The van der Waals surface area contributed by atoms with Crippen LogP contribution in [-0.2, 0) is 14.6 Å². The Balaban J connectivity index is 2.63. The monoisotopic (exact) mass is 181 g/mol. The number of esters is 1. The third-order valence-corrected chi connectivity index (χ3v) is 1.93. The second-order valence-electron chi connectivity index (χ2n) is 3.00. The van der Waals surface area contributed by atoms with Gasteiger partial charge in [0.1, 0.15) is 12.0 Å². The molecule has 0 bridgehead atoms. The van der Waals surface area contributed by atoms with Crippen molar-refractivity contribution < 1.29 is 14.6 Å². The lowest BCUT2D eigenvalue weighted by Gasteiger charge is -2.00. The minimum atomic E-state index is -0.197. The van der Waals surface area contributed by atoms with Gasteiger partial charge in [-0.1, -0.05) is 6.92 Å². The molecule has 71 valence electrons. The number of allylic oxidation sites excluding steroid dienone is 2. The lowest BCUT2D eigenvalue weighted by molar-refractivity contribution is -0.136. The average Bonchev–Trinajstić information content (AvgIpc) is 2.44. The summed E-state index contributed by atoms with van der Waals surface area (Å²) in [7, 11) is 0. The molecule has 0 unspecified atom stereocenters. The van der Waals surface area contributed by atoms with Crippen molar-refractivity contribution in [1.29, 1.82) is 0 Å². The van der Waals surface area contributed by atoms with Crippen molar-refractivity contribution in [2.75, 3.05) is 0 Å². The van der Waals surface area contributed by atoms with Gasteiger partial charge in [0.05, 0.1) is 6.42 Å². The average molecular weight is 181 g/mol. The highest BCUT2D eigenvalue weighted by Gasteiger charge is 2.21. The van der Waals surface area contributed by atoms with Crippen LogP contribution in [0.5, 0.6) is 0 Å². The third-order valence-electron chi connectivity index (χ3n) is 1.93. The maximum Gasteiger partial charge on any atom is 0.315 e. The molecular weight excluding hydrogens is 168 g/mol. The summed E-state index contributed by atoms with van der Waals surface area (Å²) in [5.74, 6) is 0.573. The zero-order chi connectivity index (χ0) is 9.68. The fraction of sp³-hybridized carbons (Fsp3) is 0.500. The van der Waals surface area contributed by atoms with Crippen LogP contribution < -0.4 is 0 Å². The lowest BCUT2D eigenvalue weighted by atomic mass is 10.1. The van der Waals surface area contributed by atoms with Crippen molar-refractivity contribution in [3.63, 3.8) is 0 Å². The Morgan fingerprint density at radius 3 is 2.92 bits per heavy atom. The summed E-state index contributed by atoms with van der Waals surface area (Å²) < 4.78 is 5.02. The van der Waals surface area contributed by atoms with Gasteiger partial charge in [0.15, 0.2) is 0 Å². The number of ether oxygens (including phenoxy) is 1. The largest absolute Gasteiger partial charge is 0.431 e. The number of rotatable bonds is 4. The molecule has 0 aromatic rings. The SMILES string of the molecule is CCCC1=C(CC=C[O])CC(=O)O1. The van der Waals surface area contributed by atoms with E-state index in [4.69, 9.17) is 4.74 Å². The lowest BCUT2D eigenvalue weighted by Crippen LogP contribution is -1.93. The first-order valence-electron chi connectivity index (χ1n) is 4.46. The van der Waals surface area contributed by atoms with Gasteiger partial charge >= 0.3 is 5.97 Å². The Morgan fingerprint density at radius 2 is 2.31 bits per heavy atom. The highest BCUT2D eigenvalue weighted by Crippen LogP contribution is 2.26. The molecule has 3 nitrogen and oxygen atoms in total. The van der Waals surface area contributed by atoms with Gasteiger partial charge in [-0.05, 0) is 24.5 Å². The van der Waals surface area contributed by atoms with E-state index in [9.17, 15) is 9.90 Å². The molecule has 0 N–H and O–H groups in total. The minimum Gasteiger partial charge on any atom is -0.431 e. The summed E-state index contributed by atoms with van der Waals surface area (Å²) >= 11 is 0. The number of cyclic esters (lactones) is 1. The molecule has 1 radical (unpaired) electrons. The minimum absolute atomic E-state index is 0.197. The molecule has 0 amide bonds. The van der Waals surface area contributed by atoms with E-state index in [2.05, 4.69) is 0 Å². The summed E-state index contributed by atoms with van der Waals surface area (Å²) in [6.45, 7) is 2.03. The second-order valence-corrected chi connectivity index (χ2v) is 3.00. The van der Waals surface area contributed by atoms with E-state index in [1.807, 2.05) is 6.92 Å². The van der Waals surface area contributed by atoms with Crippen LogP contribution in [0, 0.1) is 0 Å². The first kappa shape index (κ1) is 9.84. The molecular formula is C10H13O3. The van der Waals surface area contributed by atoms with Crippen molar-refractivity contribution in [3.8, 4) is 0 Å². The van der Waals surface area contributed by atoms with Gasteiger partial charge < -0.3 is 4.74 Å². The predicted molar refractivity (Wildman–Crippen MR) is 47.1 cm³/mol. The van der Waals surface area contributed by atoms with Gasteiger partial charge in [-0.15, -0.1) is 0 Å². The Morgan fingerprint density at radius 1 is 1.54 bits per heavy atom. The molecule has 1 aliphatic heterocycles. The van der Waals surface area contributed by atoms with Gasteiger partial charge in [0.25, 0.3) is 0 Å². The van der Waals surface area contributed by atoms with E-state index in [1.165, 1.54) is 6.08 Å². The first-order valence-corrected chi connectivity index (χ1v) is 4.46. The van der Waals surface area contributed by atoms with Crippen molar-refractivity contribution >= 4 is 5.97 Å². The normalized spacial score (nSPS) is 17.2. The molecule has 0 atom stereocenters. The molecule has 1 aliphatic rings. The number of carbonyl (C=O) groups excluding carboxylic acids is 1. The topological polar surface area (TPSA) is 46.2 Å². The number of hydrogen-bond donors (Lipinski definition) is 0. The smallest absolute Gasteiger partial charge is 0.315 e. The molecule has 0 aromatic carbocycles. The summed E-state index contributed by atoms with van der Waals surface area (Å²) in [5.41, 5.74) is 0.957. The second kappa shape index (κ2) is 4.70. The summed E-state index contributed by atoms with van der Waals surface area (Å²) in [6.07, 6.45) is 4.89. The highest BCUT2D eigenvalue weighted by atomic mass is 16.5. The maximum atomic E-state index is 10.9. The van der Waals surface area contributed by atoms with Gasteiger partial charge in [0.2, 0.25) is 0 Å². The van der Waals surface area contributed by atoms with Crippen molar-refractivity contribution in [3.05, 3.63) is 23.7 Å². The van der Waals surface area contributed by atoms with E-state index in [0.717, 1.165) is 30.4 Å². The Bertz CT molecular complexity index is 251. The predicted octanol–water partition coefficient (Wildman–Crippen LogP) is 2.32. The quantitative estimate of drug-likeness (QED) is 0.493. The summed E-state index contributed by atoms with van der Waals surface area (Å²) in [6, 6.07) is 0. The fourth-order valence-corrected chi connectivity index (χ4v) is 1.35. The van der Waals surface area contributed by atoms with E-state index in [-0.39, 0.29) is 5.97 Å². The van der Waals surface area contributed by atoms with Crippen molar-refractivity contribution in [2.45, 2.75) is 32.6 Å². The molecule has 0 aliphatic carbocycles. The molecule has 0 saturated heterocycles. The highest BCUT2D eigenvalue weighted by molar-refractivity contribution is 5.77. The fourth-order valence-electron chi connectivity index (χ4n) is 1.35. The van der Waals surface area contributed by atoms with Gasteiger partial charge in [-0.25, -0.2) is 0 Å². The molecule has 3 heteroatoms. The van der Waals surface area contributed by atoms with E-state index >= 15 is 0 Å². The Labute approximate surface area is 77.7 Å². The van der Waals surface area contributed by atoms with Crippen molar-refractivity contribution in [1.82, 2.24) is 0 Å². The van der Waals surface area contributed by atoms with Gasteiger partial charge in [-0.3, -0.25) is 9.90 Å². The molecule has 1 rings (SSSR count). The van der Waals surface area contributed by atoms with Crippen LogP contribution in [0.1, 0.15) is 32.6 Å². The zero-order valence-electron chi connectivity index (χ0n) is 7.71. The Kier molecular flexibility index (Phi) is 3.55. The van der Waals surface area contributed by atoms with E-state index in [1.54, 1.807) is 0 Å². The zero-order valence-corrected chi connectivity index (χ0v) is 7.71. The van der Waals surface area contributed by atoms with Gasteiger partial charge in [0, 0.05) is 6.42 Å². The molecule has 0 fully saturated rings. The van der Waals surface area contributed by atoms with Crippen LogP contribution in [0.15, 0.2) is 23.7 Å². The standard InChI is InChI=1S/C10H13O3/c1-2-4-9-8(5-3-6-11)7-10(12)13-9/h3,6H,2,4-5,7H2,1H3. The van der Waals surface area contributed by atoms with Crippen molar-refractivity contribution in [2.24, 2.45) is 0 Å². The number of carbonyl (C=O) groups is 1. The van der Waals surface area contributed by atoms with Gasteiger partial charge in [-0.2, -0.15) is 0 Å². The van der Waals surface area contributed by atoms with Crippen LogP contribution in [0.4, 0.5) is 0 Å². The van der Waals surface area contributed by atoms with Crippen LogP contribution in [0.3, 0.4) is 0 Å². The third kappa shape index (κ3) is 2.61.